The monoisotopic (exact) mass is 227 g/mol. The van der Waals surface area contributed by atoms with E-state index in [-0.39, 0.29) is 12.4 Å². The molecule has 1 aromatic rings. The topological polar surface area (TPSA) is 98.4 Å². The highest BCUT2D eigenvalue weighted by molar-refractivity contribution is 5.36. The van der Waals surface area contributed by atoms with E-state index in [1.807, 2.05) is 6.92 Å². The van der Waals surface area contributed by atoms with Gasteiger partial charge >= 0.3 is 5.69 Å². The first-order chi connectivity index (χ1) is 7.65. The van der Waals surface area contributed by atoms with Gasteiger partial charge in [-0.25, -0.2) is 4.98 Å². The minimum Gasteiger partial charge on any atom is -0.488 e. The summed E-state index contributed by atoms with van der Waals surface area (Å²) in [5.74, 6) is -0.395. The summed E-state index contributed by atoms with van der Waals surface area (Å²) in [6, 6.07) is 0. The third-order valence-corrected chi connectivity index (χ3v) is 1.87. The van der Waals surface area contributed by atoms with Crippen LogP contribution in [-0.4, -0.2) is 26.6 Å². The zero-order valence-corrected chi connectivity index (χ0v) is 8.92. The first-order valence-corrected chi connectivity index (χ1v) is 4.92. The molecule has 0 aliphatic carbocycles. The number of unbranched alkanes of at least 4 members (excludes halogenated alkanes) is 1. The van der Waals surface area contributed by atoms with Gasteiger partial charge in [0.05, 0.1) is 4.92 Å². The quantitative estimate of drug-likeness (QED) is 0.448. The number of nitrogens with zero attached hydrogens (tertiary/aromatic N) is 3. The fraction of sp³-hybridized carbons (Fsp3) is 0.556. The van der Waals surface area contributed by atoms with Crippen LogP contribution in [0.3, 0.4) is 0 Å². The molecule has 1 aromatic heterocycles. The minimum absolute atomic E-state index is 0.144. The van der Waals surface area contributed by atoms with Gasteiger partial charge in [-0.2, -0.15) is 4.98 Å². The van der Waals surface area contributed by atoms with Gasteiger partial charge in [-0.1, -0.05) is 13.3 Å². The van der Waals surface area contributed by atoms with Gasteiger partial charge in [0, 0.05) is 6.61 Å². The summed E-state index contributed by atoms with van der Waals surface area (Å²) >= 11 is 0. The average Bonchev–Trinajstić information content (AvgIpc) is 2.24. The molecule has 1 rings (SSSR count). The van der Waals surface area contributed by atoms with Crippen LogP contribution in [0.4, 0.5) is 5.69 Å². The molecule has 16 heavy (non-hydrogen) atoms. The van der Waals surface area contributed by atoms with Crippen molar-refractivity contribution in [3.05, 3.63) is 22.1 Å². The Morgan fingerprint density at radius 2 is 2.38 bits per heavy atom. The first kappa shape index (κ1) is 12.3. The highest BCUT2D eigenvalue weighted by Crippen LogP contribution is 2.20. The van der Waals surface area contributed by atoms with Crippen molar-refractivity contribution in [2.75, 3.05) is 6.61 Å². The molecule has 0 aliphatic heterocycles. The Hall–Kier alpha value is -1.76. The van der Waals surface area contributed by atoms with Gasteiger partial charge in [-0.15, -0.1) is 0 Å². The molecular formula is C9H13N3O4. The second-order valence-corrected chi connectivity index (χ2v) is 3.16. The van der Waals surface area contributed by atoms with Crippen LogP contribution in [0, 0.1) is 10.1 Å². The molecule has 0 unspecified atom stereocenters. The predicted octanol–water partition coefficient (Wildman–Crippen LogP) is 1.41. The molecule has 1 heterocycles. The largest absolute Gasteiger partial charge is 0.488 e. The van der Waals surface area contributed by atoms with Crippen LogP contribution in [-0.2, 0) is 11.3 Å². The Labute approximate surface area is 92.3 Å². The first-order valence-electron chi connectivity index (χ1n) is 4.92. The lowest BCUT2D eigenvalue weighted by atomic mass is 10.4. The van der Waals surface area contributed by atoms with E-state index in [4.69, 9.17) is 4.74 Å². The third kappa shape index (κ3) is 3.43. The highest BCUT2D eigenvalue weighted by atomic mass is 16.6. The summed E-state index contributed by atoms with van der Waals surface area (Å²) in [7, 11) is 0. The van der Waals surface area contributed by atoms with Crippen LogP contribution in [0.15, 0.2) is 6.20 Å². The lowest BCUT2D eigenvalue weighted by molar-refractivity contribution is -0.386. The van der Waals surface area contributed by atoms with Gasteiger partial charge in [0.15, 0.2) is 5.82 Å². The average molecular weight is 227 g/mol. The van der Waals surface area contributed by atoms with E-state index in [0.717, 1.165) is 19.0 Å². The summed E-state index contributed by atoms with van der Waals surface area (Å²) in [6.07, 6.45) is 2.92. The number of ether oxygens (including phenoxy) is 1. The summed E-state index contributed by atoms with van der Waals surface area (Å²) < 4.78 is 5.21. The Morgan fingerprint density at radius 3 is 2.94 bits per heavy atom. The van der Waals surface area contributed by atoms with Crippen molar-refractivity contribution in [3.63, 3.8) is 0 Å². The van der Waals surface area contributed by atoms with E-state index < -0.39 is 16.5 Å². The van der Waals surface area contributed by atoms with E-state index >= 15 is 0 Å². The molecule has 0 radical (unpaired) electrons. The van der Waals surface area contributed by atoms with Crippen LogP contribution >= 0.6 is 0 Å². The molecule has 7 heteroatoms. The highest BCUT2D eigenvalue weighted by Gasteiger charge is 2.15. The zero-order chi connectivity index (χ0) is 12.0. The fourth-order valence-corrected chi connectivity index (χ4v) is 1.01. The molecule has 0 bridgehead atoms. The van der Waals surface area contributed by atoms with Gasteiger partial charge in [-0.3, -0.25) is 10.1 Å². The predicted molar refractivity (Wildman–Crippen MR) is 54.9 cm³/mol. The number of aromatic hydroxyl groups is 1. The van der Waals surface area contributed by atoms with Crippen LogP contribution in [0.25, 0.3) is 0 Å². The van der Waals surface area contributed by atoms with E-state index in [1.165, 1.54) is 0 Å². The Morgan fingerprint density at radius 1 is 1.62 bits per heavy atom. The normalized spacial score (nSPS) is 10.3. The molecule has 1 N–H and O–H groups in total. The number of aromatic nitrogens is 2. The van der Waals surface area contributed by atoms with Crippen molar-refractivity contribution in [1.82, 2.24) is 9.97 Å². The molecule has 0 saturated carbocycles. The lowest BCUT2D eigenvalue weighted by Crippen LogP contribution is -2.02. The number of rotatable bonds is 6. The van der Waals surface area contributed by atoms with E-state index in [9.17, 15) is 15.2 Å². The Balaban J connectivity index is 2.56. The molecule has 0 aliphatic rings. The van der Waals surface area contributed by atoms with Gasteiger partial charge in [0.1, 0.15) is 12.8 Å². The maximum atomic E-state index is 10.4. The van der Waals surface area contributed by atoms with Crippen LogP contribution in [0.5, 0.6) is 5.88 Å². The van der Waals surface area contributed by atoms with Crippen molar-refractivity contribution in [3.8, 4) is 5.88 Å². The van der Waals surface area contributed by atoms with Gasteiger partial charge in [0.25, 0.3) is 5.88 Å². The third-order valence-electron chi connectivity index (χ3n) is 1.87. The summed E-state index contributed by atoms with van der Waals surface area (Å²) in [4.78, 5) is 16.9. The Kier molecular flexibility index (Phi) is 4.59. The molecule has 0 amide bonds. The molecule has 0 aromatic carbocycles. The maximum absolute atomic E-state index is 10.4. The number of nitro groups is 1. The molecule has 88 valence electrons. The Bertz CT molecular complexity index is 370. The second-order valence-electron chi connectivity index (χ2n) is 3.16. The summed E-state index contributed by atoms with van der Waals surface area (Å²) in [5, 5.41) is 19.6. The summed E-state index contributed by atoms with van der Waals surface area (Å²) in [6.45, 7) is 2.76. The van der Waals surface area contributed by atoms with Gasteiger partial charge in [-0.05, 0) is 6.42 Å². The standard InChI is InChI=1S/C9H13N3O4/c1-2-3-4-16-6-8-10-5-7(12(14)15)9(13)11-8/h5H,2-4,6H2,1H3,(H,10,11,13). The van der Waals surface area contributed by atoms with E-state index in [2.05, 4.69) is 9.97 Å². The van der Waals surface area contributed by atoms with Crippen LogP contribution in [0.1, 0.15) is 25.6 Å². The SMILES string of the molecule is CCCCOCc1ncc([N+](=O)[O-])c(O)n1. The maximum Gasteiger partial charge on any atom is 0.348 e. The number of hydrogen-bond acceptors (Lipinski definition) is 6. The smallest absolute Gasteiger partial charge is 0.348 e. The molecule has 0 saturated heterocycles. The molecular weight excluding hydrogens is 214 g/mol. The minimum atomic E-state index is -0.739. The van der Waals surface area contributed by atoms with Crippen molar-refractivity contribution in [2.24, 2.45) is 0 Å². The van der Waals surface area contributed by atoms with Crippen molar-refractivity contribution in [2.45, 2.75) is 26.4 Å². The number of hydrogen-bond donors (Lipinski definition) is 1. The molecule has 0 fully saturated rings. The van der Waals surface area contributed by atoms with Gasteiger partial charge in [0.2, 0.25) is 0 Å². The molecule has 7 nitrogen and oxygen atoms in total. The van der Waals surface area contributed by atoms with Crippen molar-refractivity contribution in [1.29, 1.82) is 0 Å². The van der Waals surface area contributed by atoms with E-state index in [0.29, 0.717) is 6.61 Å². The van der Waals surface area contributed by atoms with Crippen molar-refractivity contribution >= 4 is 5.69 Å². The molecule has 0 spiro atoms. The zero-order valence-electron chi connectivity index (χ0n) is 8.92. The van der Waals surface area contributed by atoms with E-state index in [1.54, 1.807) is 0 Å². The lowest BCUT2D eigenvalue weighted by Gasteiger charge is -2.02. The van der Waals surface area contributed by atoms with Crippen molar-refractivity contribution < 1.29 is 14.8 Å². The molecule has 0 atom stereocenters. The van der Waals surface area contributed by atoms with Crippen LogP contribution < -0.4 is 0 Å². The second kappa shape index (κ2) is 5.96. The van der Waals surface area contributed by atoms with Crippen LogP contribution in [0.2, 0.25) is 0 Å². The summed E-state index contributed by atoms with van der Waals surface area (Å²) in [5.41, 5.74) is -0.502. The fourth-order valence-electron chi connectivity index (χ4n) is 1.01. The van der Waals surface area contributed by atoms with Gasteiger partial charge < -0.3 is 9.84 Å².